The highest BCUT2D eigenvalue weighted by Crippen LogP contribution is 2.36. The molecule has 0 unspecified atom stereocenters. The number of carboxylic acids is 1. The molecule has 1 saturated carbocycles. The van der Waals surface area contributed by atoms with Crippen molar-refractivity contribution in [3.63, 3.8) is 0 Å². The first kappa shape index (κ1) is 12.2. The SMILES string of the molecule is O=C(NC1(C(=O)O)CC1)c1cccc(Cl)c1Cl. The molecule has 4 nitrogen and oxygen atoms in total. The predicted molar refractivity (Wildman–Crippen MR) is 63.5 cm³/mol. The van der Waals surface area contributed by atoms with Crippen molar-refractivity contribution in [1.82, 2.24) is 5.32 Å². The fourth-order valence-corrected chi connectivity index (χ4v) is 1.87. The lowest BCUT2D eigenvalue weighted by Crippen LogP contribution is -2.43. The van der Waals surface area contributed by atoms with Gasteiger partial charge in [0.25, 0.3) is 5.91 Å². The molecule has 1 aromatic carbocycles. The second kappa shape index (κ2) is 4.20. The third-order valence-electron chi connectivity index (χ3n) is 2.71. The molecular formula is C11H9Cl2NO3. The number of carbonyl (C=O) groups excluding carboxylic acids is 1. The zero-order chi connectivity index (χ0) is 12.6. The van der Waals surface area contributed by atoms with Gasteiger partial charge in [-0.3, -0.25) is 4.79 Å². The molecule has 2 N–H and O–H groups in total. The first-order valence-corrected chi connectivity index (χ1v) is 5.72. The van der Waals surface area contributed by atoms with Crippen molar-refractivity contribution in [1.29, 1.82) is 0 Å². The van der Waals surface area contributed by atoms with E-state index in [-0.39, 0.29) is 15.6 Å². The summed E-state index contributed by atoms with van der Waals surface area (Å²) in [6.07, 6.45) is 0.874. The second-order valence-corrected chi connectivity index (χ2v) is 4.73. The maximum atomic E-state index is 11.9. The maximum absolute atomic E-state index is 11.9. The molecule has 0 radical (unpaired) electrons. The molecule has 0 saturated heterocycles. The lowest BCUT2D eigenvalue weighted by molar-refractivity contribution is -0.140. The summed E-state index contributed by atoms with van der Waals surface area (Å²) in [7, 11) is 0. The Morgan fingerprint density at radius 2 is 1.94 bits per heavy atom. The number of carbonyl (C=O) groups is 2. The van der Waals surface area contributed by atoms with Crippen molar-refractivity contribution >= 4 is 35.1 Å². The number of benzene rings is 1. The van der Waals surface area contributed by atoms with Crippen molar-refractivity contribution in [2.24, 2.45) is 0 Å². The molecule has 0 heterocycles. The summed E-state index contributed by atoms with van der Waals surface area (Å²) in [6, 6.07) is 4.65. The minimum Gasteiger partial charge on any atom is -0.480 e. The maximum Gasteiger partial charge on any atom is 0.329 e. The standard InChI is InChI=1S/C11H9Cl2NO3/c12-7-3-1-2-6(8(7)13)9(15)14-11(4-5-11)10(16)17/h1-3H,4-5H2,(H,14,15)(H,16,17). The number of amides is 1. The molecular weight excluding hydrogens is 265 g/mol. The Kier molecular flexibility index (Phi) is 3.02. The normalized spacial score (nSPS) is 16.4. The van der Waals surface area contributed by atoms with E-state index >= 15 is 0 Å². The van der Waals surface area contributed by atoms with Gasteiger partial charge in [-0.2, -0.15) is 0 Å². The Morgan fingerprint density at radius 1 is 1.29 bits per heavy atom. The topological polar surface area (TPSA) is 66.4 Å². The van der Waals surface area contributed by atoms with E-state index in [1.807, 2.05) is 0 Å². The summed E-state index contributed by atoms with van der Waals surface area (Å²) in [6.45, 7) is 0. The largest absolute Gasteiger partial charge is 0.480 e. The number of hydrogen-bond donors (Lipinski definition) is 2. The average molecular weight is 274 g/mol. The van der Waals surface area contributed by atoms with Crippen molar-refractivity contribution in [3.05, 3.63) is 33.8 Å². The molecule has 1 amide bonds. The van der Waals surface area contributed by atoms with Crippen LogP contribution in [0.1, 0.15) is 23.2 Å². The lowest BCUT2D eigenvalue weighted by Gasteiger charge is -2.13. The minimum atomic E-state index is -1.12. The van der Waals surface area contributed by atoms with Crippen LogP contribution in [0.4, 0.5) is 0 Å². The molecule has 2 rings (SSSR count). The van der Waals surface area contributed by atoms with Crippen LogP contribution < -0.4 is 5.32 Å². The number of rotatable bonds is 3. The Labute approximate surface area is 108 Å². The summed E-state index contributed by atoms with van der Waals surface area (Å²) < 4.78 is 0. The van der Waals surface area contributed by atoms with Crippen molar-refractivity contribution < 1.29 is 14.7 Å². The minimum absolute atomic E-state index is 0.132. The average Bonchev–Trinajstić information content (AvgIpc) is 3.03. The highest BCUT2D eigenvalue weighted by Gasteiger charge is 2.51. The van der Waals surface area contributed by atoms with Crippen LogP contribution in [0, 0.1) is 0 Å². The van der Waals surface area contributed by atoms with Crippen LogP contribution in [0.2, 0.25) is 10.0 Å². The first-order valence-electron chi connectivity index (χ1n) is 4.96. The van der Waals surface area contributed by atoms with Crippen LogP contribution >= 0.6 is 23.2 Å². The highest BCUT2D eigenvalue weighted by atomic mass is 35.5. The van der Waals surface area contributed by atoms with Gasteiger partial charge < -0.3 is 10.4 Å². The smallest absolute Gasteiger partial charge is 0.329 e. The molecule has 1 aliphatic carbocycles. The zero-order valence-corrected chi connectivity index (χ0v) is 10.2. The second-order valence-electron chi connectivity index (χ2n) is 3.94. The van der Waals surface area contributed by atoms with Gasteiger partial charge in [0.2, 0.25) is 0 Å². The first-order chi connectivity index (χ1) is 7.96. The van der Waals surface area contributed by atoms with E-state index in [4.69, 9.17) is 28.3 Å². The van der Waals surface area contributed by atoms with Gasteiger partial charge in [0, 0.05) is 0 Å². The Bertz CT molecular complexity index is 497. The molecule has 90 valence electrons. The monoisotopic (exact) mass is 273 g/mol. The van der Waals surface area contributed by atoms with Gasteiger partial charge in [-0.25, -0.2) is 4.79 Å². The van der Waals surface area contributed by atoms with E-state index < -0.39 is 17.4 Å². The van der Waals surface area contributed by atoms with Crippen LogP contribution in [0.5, 0.6) is 0 Å². The Balaban J connectivity index is 2.21. The summed E-state index contributed by atoms with van der Waals surface area (Å²) in [5.74, 6) is -1.54. The molecule has 0 atom stereocenters. The highest BCUT2D eigenvalue weighted by molar-refractivity contribution is 6.43. The fraction of sp³-hybridized carbons (Fsp3) is 0.273. The van der Waals surface area contributed by atoms with E-state index in [0.717, 1.165) is 0 Å². The molecule has 1 fully saturated rings. The van der Waals surface area contributed by atoms with Crippen LogP contribution in [-0.2, 0) is 4.79 Å². The fourth-order valence-electron chi connectivity index (χ4n) is 1.48. The van der Waals surface area contributed by atoms with Crippen LogP contribution in [0.15, 0.2) is 18.2 Å². The number of carboxylic acid groups (broad SMARTS) is 1. The van der Waals surface area contributed by atoms with Crippen molar-refractivity contribution in [2.75, 3.05) is 0 Å². The number of halogens is 2. The summed E-state index contributed by atoms with van der Waals surface area (Å²) >= 11 is 11.7. The van der Waals surface area contributed by atoms with Crippen molar-refractivity contribution in [3.8, 4) is 0 Å². The van der Waals surface area contributed by atoms with E-state index in [1.165, 1.54) is 6.07 Å². The quantitative estimate of drug-likeness (QED) is 0.889. The van der Waals surface area contributed by atoms with E-state index in [9.17, 15) is 9.59 Å². The predicted octanol–water partition coefficient (Wildman–Crippen LogP) is 2.34. The zero-order valence-electron chi connectivity index (χ0n) is 8.67. The lowest BCUT2D eigenvalue weighted by atomic mass is 10.2. The summed E-state index contributed by atoms with van der Waals surface area (Å²) in [5, 5.41) is 11.8. The molecule has 6 heteroatoms. The Morgan fingerprint density at radius 3 is 2.47 bits per heavy atom. The molecule has 1 aliphatic rings. The summed E-state index contributed by atoms with van der Waals surface area (Å²) in [5.41, 5.74) is -0.936. The van der Waals surface area contributed by atoms with Crippen LogP contribution in [0.3, 0.4) is 0 Å². The number of aliphatic carboxylic acids is 1. The van der Waals surface area contributed by atoms with E-state index in [2.05, 4.69) is 5.32 Å². The molecule has 0 aromatic heterocycles. The summed E-state index contributed by atoms with van der Waals surface area (Å²) in [4.78, 5) is 22.8. The molecule has 0 spiro atoms. The van der Waals surface area contributed by atoms with Crippen LogP contribution in [0.25, 0.3) is 0 Å². The molecule has 0 bridgehead atoms. The van der Waals surface area contributed by atoms with E-state index in [1.54, 1.807) is 12.1 Å². The van der Waals surface area contributed by atoms with Gasteiger partial charge in [0.05, 0.1) is 15.6 Å². The number of hydrogen-bond acceptors (Lipinski definition) is 2. The van der Waals surface area contributed by atoms with Gasteiger partial charge in [-0.15, -0.1) is 0 Å². The van der Waals surface area contributed by atoms with E-state index in [0.29, 0.717) is 12.8 Å². The van der Waals surface area contributed by atoms with Gasteiger partial charge in [-0.05, 0) is 25.0 Å². The third kappa shape index (κ3) is 2.23. The number of nitrogens with one attached hydrogen (secondary N) is 1. The van der Waals surface area contributed by atoms with Crippen molar-refractivity contribution in [2.45, 2.75) is 18.4 Å². The third-order valence-corrected chi connectivity index (χ3v) is 3.53. The van der Waals surface area contributed by atoms with Gasteiger partial charge in [0.1, 0.15) is 5.54 Å². The van der Waals surface area contributed by atoms with Gasteiger partial charge in [-0.1, -0.05) is 29.3 Å². The molecule has 0 aliphatic heterocycles. The molecule has 17 heavy (non-hydrogen) atoms. The molecule has 1 aromatic rings. The van der Waals surface area contributed by atoms with Crippen LogP contribution in [-0.4, -0.2) is 22.5 Å². The Hall–Kier alpha value is -1.26. The van der Waals surface area contributed by atoms with Gasteiger partial charge in [0.15, 0.2) is 0 Å². The van der Waals surface area contributed by atoms with Gasteiger partial charge >= 0.3 is 5.97 Å².